The number of carbonyl (C=O) groups excluding carboxylic acids is 1. The van der Waals surface area contributed by atoms with Crippen molar-refractivity contribution < 1.29 is 14.7 Å². The Hall–Kier alpha value is -2.22. The molecule has 114 valence electrons. The van der Waals surface area contributed by atoms with E-state index in [0.717, 1.165) is 0 Å². The molecule has 2 N–H and O–H groups in total. The molecular weight excluding hydrogens is 274 g/mol. The molecule has 0 saturated carbocycles. The number of hydrogen-bond acceptors (Lipinski definition) is 6. The van der Waals surface area contributed by atoms with E-state index in [1.54, 1.807) is 26.1 Å². The van der Waals surface area contributed by atoms with Crippen LogP contribution in [0.3, 0.4) is 0 Å². The smallest absolute Gasteiger partial charge is 0.320 e. The highest BCUT2D eigenvalue weighted by Gasteiger charge is 2.25. The third-order valence-corrected chi connectivity index (χ3v) is 3.65. The zero-order valence-electron chi connectivity index (χ0n) is 12.1. The van der Waals surface area contributed by atoms with Crippen molar-refractivity contribution in [1.82, 2.24) is 20.4 Å². The number of hydrogen-bond donors (Lipinski definition) is 2. The molecule has 1 aromatic rings. The standard InChI is InChI=1S/C13H19N5O3/c1-9(13(20)21)17-5-7-18(8-6-17)11-4-3-10(15-16-11)12(19)14-2/h3-4,9H,5-8H2,1-2H3,(H,14,19)(H,20,21). The van der Waals surface area contributed by atoms with Gasteiger partial charge in [0, 0.05) is 33.2 Å². The predicted molar refractivity (Wildman–Crippen MR) is 76.3 cm³/mol. The fraction of sp³-hybridized carbons (Fsp3) is 0.538. The summed E-state index contributed by atoms with van der Waals surface area (Å²) in [5, 5.41) is 19.5. The number of carbonyl (C=O) groups is 2. The maximum atomic E-state index is 11.4. The largest absolute Gasteiger partial charge is 0.480 e. The third kappa shape index (κ3) is 3.46. The van der Waals surface area contributed by atoms with E-state index in [0.29, 0.717) is 32.0 Å². The Morgan fingerprint density at radius 3 is 2.38 bits per heavy atom. The molecule has 1 aromatic heterocycles. The Balaban J connectivity index is 1.96. The minimum Gasteiger partial charge on any atom is -0.480 e. The van der Waals surface area contributed by atoms with Gasteiger partial charge in [-0.3, -0.25) is 14.5 Å². The first-order chi connectivity index (χ1) is 10.0. The number of amides is 1. The summed E-state index contributed by atoms with van der Waals surface area (Å²) in [5.41, 5.74) is 0.277. The summed E-state index contributed by atoms with van der Waals surface area (Å²) in [6.45, 7) is 4.38. The number of rotatable bonds is 4. The fourth-order valence-corrected chi connectivity index (χ4v) is 2.24. The van der Waals surface area contributed by atoms with E-state index in [2.05, 4.69) is 15.5 Å². The van der Waals surface area contributed by atoms with Gasteiger partial charge in [0.2, 0.25) is 0 Å². The lowest BCUT2D eigenvalue weighted by Gasteiger charge is -2.36. The molecule has 0 radical (unpaired) electrons. The van der Waals surface area contributed by atoms with Gasteiger partial charge < -0.3 is 15.3 Å². The number of nitrogens with zero attached hydrogens (tertiary/aromatic N) is 4. The van der Waals surface area contributed by atoms with Gasteiger partial charge in [-0.25, -0.2) is 0 Å². The van der Waals surface area contributed by atoms with Crippen molar-refractivity contribution in [2.75, 3.05) is 38.1 Å². The summed E-state index contributed by atoms with van der Waals surface area (Å²) >= 11 is 0. The molecule has 8 heteroatoms. The lowest BCUT2D eigenvalue weighted by molar-refractivity contribution is -0.142. The van der Waals surface area contributed by atoms with Crippen LogP contribution >= 0.6 is 0 Å². The molecule has 1 saturated heterocycles. The van der Waals surface area contributed by atoms with Crippen LogP contribution in [0.1, 0.15) is 17.4 Å². The van der Waals surface area contributed by atoms with Crippen molar-refractivity contribution in [2.24, 2.45) is 0 Å². The zero-order valence-corrected chi connectivity index (χ0v) is 12.1. The van der Waals surface area contributed by atoms with E-state index in [4.69, 9.17) is 5.11 Å². The molecule has 1 amide bonds. The van der Waals surface area contributed by atoms with Crippen LogP contribution in [-0.2, 0) is 4.79 Å². The molecule has 8 nitrogen and oxygen atoms in total. The van der Waals surface area contributed by atoms with Crippen LogP contribution in [0.2, 0.25) is 0 Å². The predicted octanol–water partition coefficient (Wildman–Crippen LogP) is -0.569. The van der Waals surface area contributed by atoms with Crippen molar-refractivity contribution in [3.05, 3.63) is 17.8 Å². The van der Waals surface area contributed by atoms with Crippen LogP contribution in [-0.4, -0.2) is 71.3 Å². The van der Waals surface area contributed by atoms with Crippen LogP contribution in [0.15, 0.2) is 12.1 Å². The quantitative estimate of drug-likeness (QED) is 0.767. The van der Waals surface area contributed by atoms with Crippen LogP contribution in [0.5, 0.6) is 0 Å². The number of nitrogens with one attached hydrogen (secondary N) is 1. The molecule has 2 rings (SSSR count). The average molecular weight is 293 g/mol. The van der Waals surface area contributed by atoms with Gasteiger partial charge in [-0.1, -0.05) is 0 Å². The van der Waals surface area contributed by atoms with E-state index in [9.17, 15) is 9.59 Å². The second-order valence-electron chi connectivity index (χ2n) is 4.89. The molecule has 0 spiro atoms. The van der Waals surface area contributed by atoms with Crippen molar-refractivity contribution in [3.8, 4) is 0 Å². The van der Waals surface area contributed by atoms with Crippen LogP contribution < -0.4 is 10.2 Å². The van der Waals surface area contributed by atoms with Gasteiger partial charge in [-0.05, 0) is 19.1 Å². The molecule has 1 fully saturated rings. The van der Waals surface area contributed by atoms with E-state index in [-0.39, 0.29) is 11.6 Å². The Morgan fingerprint density at radius 2 is 1.90 bits per heavy atom. The first-order valence-corrected chi connectivity index (χ1v) is 6.80. The van der Waals surface area contributed by atoms with Gasteiger partial charge in [0.05, 0.1) is 0 Å². The van der Waals surface area contributed by atoms with Gasteiger partial charge in [-0.2, -0.15) is 0 Å². The zero-order chi connectivity index (χ0) is 15.4. The summed E-state index contributed by atoms with van der Waals surface area (Å²) in [4.78, 5) is 26.3. The summed E-state index contributed by atoms with van der Waals surface area (Å²) in [5.74, 6) is -0.377. The van der Waals surface area contributed by atoms with Crippen molar-refractivity contribution >= 4 is 17.7 Å². The van der Waals surface area contributed by atoms with E-state index < -0.39 is 12.0 Å². The SMILES string of the molecule is CNC(=O)c1ccc(N2CCN(C(C)C(=O)O)CC2)nn1. The molecule has 1 atom stereocenters. The van der Waals surface area contributed by atoms with Gasteiger partial charge in [0.1, 0.15) is 6.04 Å². The van der Waals surface area contributed by atoms with Crippen LogP contribution in [0, 0.1) is 0 Å². The Labute approximate surface area is 122 Å². The Bertz CT molecular complexity index is 511. The van der Waals surface area contributed by atoms with E-state index in [1.807, 2.05) is 9.80 Å². The van der Waals surface area contributed by atoms with Crippen LogP contribution in [0.4, 0.5) is 5.82 Å². The summed E-state index contributed by atoms with van der Waals surface area (Å²) in [7, 11) is 1.54. The molecule has 0 bridgehead atoms. The molecule has 21 heavy (non-hydrogen) atoms. The molecule has 1 aliphatic heterocycles. The molecule has 0 aromatic carbocycles. The fourth-order valence-electron chi connectivity index (χ4n) is 2.24. The van der Waals surface area contributed by atoms with Crippen molar-refractivity contribution in [1.29, 1.82) is 0 Å². The van der Waals surface area contributed by atoms with Gasteiger partial charge >= 0.3 is 5.97 Å². The van der Waals surface area contributed by atoms with E-state index >= 15 is 0 Å². The topological polar surface area (TPSA) is 98.7 Å². The summed E-state index contributed by atoms with van der Waals surface area (Å²) < 4.78 is 0. The van der Waals surface area contributed by atoms with Crippen molar-refractivity contribution in [2.45, 2.75) is 13.0 Å². The second kappa shape index (κ2) is 6.49. The average Bonchev–Trinajstić information content (AvgIpc) is 2.53. The summed E-state index contributed by atoms with van der Waals surface area (Å²) in [6.07, 6.45) is 0. The molecule has 1 unspecified atom stereocenters. The number of aromatic nitrogens is 2. The molecule has 1 aliphatic rings. The Kier molecular flexibility index (Phi) is 4.69. The molecular formula is C13H19N5O3. The maximum absolute atomic E-state index is 11.4. The number of piperazine rings is 1. The second-order valence-corrected chi connectivity index (χ2v) is 4.89. The maximum Gasteiger partial charge on any atom is 0.320 e. The number of carboxylic acid groups (broad SMARTS) is 1. The number of anilines is 1. The third-order valence-electron chi connectivity index (χ3n) is 3.65. The van der Waals surface area contributed by atoms with Crippen LogP contribution in [0.25, 0.3) is 0 Å². The first-order valence-electron chi connectivity index (χ1n) is 6.80. The van der Waals surface area contributed by atoms with Gasteiger partial charge in [0.15, 0.2) is 11.5 Å². The molecule has 2 heterocycles. The minimum atomic E-state index is -0.807. The van der Waals surface area contributed by atoms with Gasteiger partial charge in [-0.15, -0.1) is 10.2 Å². The Morgan fingerprint density at radius 1 is 1.24 bits per heavy atom. The highest BCUT2D eigenvalue weighted by molar-refractivity contribution is 5.91. The lowest BCUT2D eigenvalue weighted by atomic mass is 10.2. The minimum absolute atomic E-state index is 0.269. The van der Waals surface area contributed by atoms with Gasteiger partial charge in [0.25, 0.3) is 5.91 Å². The van der Waals surface area contributed by atoms with Crippen molar-refractivity contribution in [3.63, 3.8) is 0 Å². The monoisotopic (exact) mass is 293 g/mol. The highest BCUT2D eigenvalue weighted by atomic mass is 16.4. The normalized spacial score (nSPS) is 17.3. The number of aliphatic carboxylic acids is 1. The number of carboxylic acids is 1. The summed E-state index contributed by atoms with van der Waals surface area (Å²) in [6, 6.07) is 2.91. The molecule has 0 aliphatic carbocycles. The first kappa shape index (κ1) is 15.2. The lowest BCUT2D eigenvalue weighted by Crippen LogP contribution is -2.52. The highest BCUT2D eigenvalue weighted by Crippen LogP contribution is 2.14. The van der Waals surface area contributed by atoms with E-state index in [1.165, 1.54) is 0 Å².